The fraction of sp³-hybridized carbons (Fsp3) is 0.226. The molecule has 218 valence electrons. The van der Waals surface area contributed by atoms with Crippen LogP contribution in [0.25, 0.3) is 5.69 Å². The summed E-state index contributed by atoms with van der Waals surface area (Å²) in [5.74, 6) is 0. The van der Waals surface area contributed by atoms with E-state index in [9.17, 15) is 31.4 Å². The van der Waals surface area contributed by atoms with Crippen LogP contribution in [0.2, 0.25) is 0 Å². The minimum Gasteiger partial charge on any atom is -0.374 e. The number of nitrogens with one attached hydrogen (secondary N) is 1. The first-order chi connectivity index (χ1) is 20.0. The molecular weight excluding hydrogens is 558 g/mol. The summed E-state index contributed by atoms with van der Waals surface area (Å²) in [7, 11) is 0. The third kappa shape index (κ3) is 6.02. The summed E-state index contributed by atoms with van der Waals surface area (Å²) in [6, 6.07) is 21.2. The maximum absolute atomic E-state index is 14.5. The maximum atomic E-state index is 14.5. The van der Waals surface area contributed by atoms with Crippen molar-refractivity contribution in [3.05, 3.63) is 137 Å². The number of halogens is 6. The standard InChI is InChI=1S/C31H26F6N4O/c32-30(33,34)23-13-9-12-22(18-23)29(26-16-7-8-17-38-26,19-21-10-3-1-4-11-21)40-28(42)25-20-39-41(27(25)31(35,36)37)24-14-5-2-6-15-24/h1-8,10-11,13-18,20,28,40,42H,9,12,19H2. The molecule has 0 fully saturated rings. The van der Waals surface area contributed by atoms with Crippen molar-refractivity contribution in [3.63, 3.8) is 0 Å². The molecule has 0 saturated carbocycles. The molecule has 1 aliphatic rings. The average molecular weight is 585 g/mol. The topological polar surface area (TPSA) is 63.0 Å². The second-order valence-corrected chi connectivity index (χ2v) is 9.89. The molecule has 0 spiro atoms. The van der Waals surface area contributed by atoms with Gasteiger partial charge in [0, 0.05) is 18.2 Å². The van der Waals surface area contributed by atoms with Crippen molar-refractivity contribution in [2.24, 2.45) is 0 Å². The average Bonchev–Trinajstić information content (AvgIpc) is 3.45. The van der Waals surface area contributed by atoms with Gasteiger partial charge in [0.1, 0.15) is 6.23 Å². The second kappa shape index (κ2) is 11.6. The van der Waals surface area contributed by atoms with Crippen molar-refractivity contribution in [3.8, 4) is 5.69 Å². The van der Waals surface area contributed by atoms with Crippen LogP contribution >= 0.6 is 0 Å². The second-order valence-electron chi connectivity index (χ2n) is 9.89. The van der Waals surface area contributed by atoms with Crippen LogP contribution in [0.1, 0.15) is 41.6 Å². The number of allylic oxidation sites excluding steroid dienone is 3. The fourth-order valence-corrected chi connectivity index (χ4v) is 5.26. The summed E-state index contributed by atoms with van der Waals surface area (Å²) in [6.45, 7) is 0. The highest BCUT2D eigenvalue weighted by molar-refractivity contribution is 5.44. The molecule has 0 aliphatic heterocycles. The largest absolute Gasteiger partial charge is 0.433 e. The number of hydrogen-bond acceptors (Lipinski definition) is 4. The Labute approximate surface area is 237 Å². The molecule has 11 heteroatoms. The van der Waals surface area contributed by atoms with E-state index in [2.05, 4.69) is 15.4 Å². The van der Waals surface area contributed by atoms with Gasteiger partial charge in [0.2, 0.25) is 0 Å². The molecule has 5 rings (SSSR count). The van der Waals surface area contributed by atoms with E-state index in [4.69, 9.17) is 0 Å². The summed E-state index contributed by atoms with van der Waals surface area (Å²) in [4.78, 5) is 4.42. The highest BCUT2D eigenvalue weighted by atomic mass is 19.4. The summed E-state index contributed by atoms with van der Waals surface area (Å²) in [5.41, 5.74) is -3.03. The Morgan fingerprint density at radius 1 is 0.857 bits per heavy atom. The number of aromatic nitrogens is 3. The number of pyridine rings is 1. The molecule has 2 unspecified atom stereocenters. The normalized spacial score (nSPS) is 16.4. The van der Waals surface area contributed by atoms with Gasteiger partial charge in [-0.05, 0) is 54.3 Å². The molecule has 0 saturated heterocycles. The van der Waals surface area contributed by atoms with Gasteiger partial charge in [-0.2, -0.15) is 31.4 Å². The third-order valence-electron chi connectivity index (χ3n) is 7.14. The van der Waals surface area contributed by atoms with Crippen LogP contribution in [0.4, 0.5) is 26.3 Å². The molecule has 2 aromatic heterocycles. The van der Waals surface area contributed by atoms with E-state index in [1.54, 1.807) is 66.7 Å². The van der Waals surface area contributed by atoms with Crippen LogP contribution in [0, 0.1) is 0 Å². The number of para-hydroxylation sites is 1. The van der Waals surface area contributed by atoms with Crippen LogP contribution in [0.3, 0.4) is 0 Å². The number of nitrogens with zero attached hydrogens (tertiary/aromatic N) is 3. The third-order valence-corrected chi connectivity index (χ3v) is 7.14. The van der Waals surface area contributed by atoms with Crippen LogP contribution in [0.15, 0.2) is 115 Å². The molecule has 42 heavy (non-hydrogen) atoms. The van der Waals surface area contributed by atoms with Crippen molar-refractivity contribution in [1.82, 2.24) is 20.1 Å². The number of alkyl halides is 6. The lowest BCUT2D eigenvalue weighted by Crippen LogP contribution is -2.49. The van der Waals surface area contributed by atoms with E-state index in [0.717, 1.165) is 18.3 Å². The zero-order valence-corrected chi connectivity index (χ0v) is 22.1. The summed E-state index contributed by atoms with van der Waals surface area (Å²) in [6.07, 6.45) is -6.94. The number of rotatable bonds is 8. The quantitative estimate of drug-likeness (QED) is 0.170. The molecule has 2 heterocycles. The van der Waals surface area contributed by atoms with Gasteiger partial charge in [0.05, 0.1) is 28.7 Å². The van der Waals surface area contributed by atoms with Crippen LogP contribution < -0.4 is 5.32 Å². The minimum atomic E-state index is -4.92. The molecule has 1 aliphatic carbocycles. The zero-order chi connectivity index (χ0) is 30.0. The monoisotopic (exact) mass is 584 g/mol. The highest BCUT2D eigenvalue weighted by Gasteiger charge is 2.45. The van der Waals surface area contributed by atoms with Gasteiger partial charge in [0.15, 0.2) is 5.69 Å². The molecule has 5 nitrogen and oxygen atoms in total. The van der Waals surface area contributed by atoms with Crippen molar-refractivity contribution >= 4 is 0 Å². The van der Waals surface area contributed by atoms with Gasteiger partial charge < -0.3 is 5.11 Å². The Hall–Kier alpha value is -4.22. The van der Waals surface area contributed by atoms with Crippen LogP contribution in [-0.2, 0) is 18.1 Å². The first kappa shape index (κ1) is 29.3. The number of aliphatic hydroxyl groups excluding tert-OH is 1. The van der Waals surface area contributed by atoms with E-state index in [0.29, 0.717) is 10.2 Å². The summed E-state index contributed by atoms with van der Waals surface area (Å²) >= 11 is 0. The van der Waals surface area contributed by atoms with Gasteiger partial charge in [-0.25, -0.2) is 4.68 Å². The van der Waals surface area contributed by atoms with Gasteiger partial charge >= 0.3 is 12.4 Å². The molecule has 0 bridgehead atoms. The van der Waals surface area contributed by atoms with Gasteiger partial charge in [-0.3, -0.25) is 10.3 Å². The molecule has 0 radical (unpaired) electrons. The van der Waals surface area contributed by atoms with Crippen molar-refractivity contribution in [2.45, 2.75) is 43.4 Å². The highest BCUT2D eigenvalue weighted by Crippen LogP contribution is 2.43. The molecular formula is C31H26F6N4O. The Morgan fingerprint density at radius 3 is 2.14 bits per heavy atom. The first-order valence-corrected chi connectivity index (χ1v) is 13.1. The van der Waals surface area contributed by atoms with Gasteiger partial charge in [-0.1, -0.05) is 60.7 Å². The number of aliphatic hydroxyl groups is 1. The predicted molar refractivity (Wildman–Crippen MR) is 144 cm³/mol. The van der Waals surface area contributed by atoms with E-state index in [1.165, 1.54) is 18.3 Å². The van der Waals surface area contributed by atoms with E-state index in [1.807, 2.05) is 0 Å². The van der Waals surface area contributed by atoms with E-state index < -0.39 is 40.9 Å². The predicted octanol–water partition coefficient (Wildman–Crippen LogP) is 7.21. The van der Waals surface area contributed by atoms with Gasteiger partial charge in [-0.15, -0.1) is 0 Å². The van der Waals surface area contributed by atoms with E-state index >= 15 is 0 Å². The smallest absolute Gasteiger partial charge is 0.374 e. The molecule has 2 aromatic carbocycles. The zero-order valence-electron chi connectivity index (χ0n) is 22.1. The summed E-state index contributed by atoms with van der Waals surface area (Å²) in [5, 5.41) is 18.3. The molecule has 0 amide bonds. The van der Waals surface area contributed by atoms with E-state index in [-0.39, 0.29) is 36.2 Å². The van der Waals surface area contributed by atoms with Crippen molar-refractivity contribution < 1.29 is 31.4 Å². The first-order valence-electron chi connectivity index (χ1n) is 13.1. The minimum absolute atomic E-state index is 0.00689. The lowest BCUT2D eigenvalue weighted by molar-refractivity contribution is -0.144. The molecule has 2 N–H and O–H groups in total. The van der Waals surface area contributed by atoms with Crippen LogP contribution in [0.5, 0.6) is 0 Å². The Balaban J connectivity index is 1.69. The van der Waals surface area contributed by atoms with Gasteiger partial charge in [0.25, 0.3) is 0 Å². The number of benzene rings is 2. The molecule has 2 atom stereocenters. The lowest BCUT2D eigenvalue weighted by Gasteiger charge is -2.40. The Bertz CT molecular complexity index is 1560. The summed E-state index contributed by atoms with van der Waals surface area (Å²) < 4.78 is 85.7. The lowest BCUT2D eigenvalue weighted by atomic mass is 9.75. The molecule has 4 aromatic rings. The number of hydrogen-bond donors (Lipinski definition) is 2. The van der Waals surface area contributed by atoms with Crippen LogP contribution in [-0.4, -0.2) is 26.0 Å². The fourth-order valence-electron chi connectivity index (χ4n) is 5.26. The Kier molecular flexibility index (Phi) is 8.07. The van der Waals surface area contributed by atoms with Crippen molar-refractivity contribution in [2.75, 3.05) is 0 Å². The van der Waals surface area contributed by atoms with Crippen molar-refractivity contribution in [1.29, 1.82) is 0 Å². The maximum Gasteiger partial charge on any atom is 0.433 e. The Morgan fingerprint density at radius 2 is 1.52 bits per heavy atom. The SMILES string of the molecule is OC(NC(Cc1ccccc1)(C1=CC(C(F)(F)F)=CCC1)c1ccccn1)c1cnn(-c2ccccc2)c1C(F)(F)F.